The third-order valence-electron chi connectivity index (χ3n) is 2.12. The summed E-state index contributed by atoms with van der Waals surface area (Å²) in [5.41, 5.74) is 1.72. The summed E-state index contributed by atoms with van der Waals surface area (Å²) in [4.78, 5) is 10.3. The van der Waals surface area contributed by atoms with Crippen molar-refractivity contribution in [1.82, 2.24) is 0 Å². The van der Waals surface area contributed by atoms with Crippen LogP contribution in [0.4, 0.5) is 5.69 Å². The number of nitrogens with zero attached hydrogens (tertiary/aromatic N) is 1. The van der Waals surface area contributed by atoms with Crippen LogP contribution in [0.5, 0.6) is 0 Å². The molecule has 80 valence electrons. The van der Waals surface area contributed by atoms with Crippen LogP contribution in [0, 0.1) is 10.1 Å². The summed E-state index contributed by atoms with van der Waals surface area (Å²) in [6.07, 6.45) is 2.58. The first-order valence-corrected chi connectivity index (χ1v) is 5.21. The summed E-state index contributed by atoms with van der Waals surface area (Å²) in [5.74, 6) is 0.405. The smallest absolute Gasteiger partial charge is 0.258 e. The second-order valence-corrected chi connectivity index (χ2v) is 3.37. The first-order chi connectivity index (χ1) is 7.19. The van der Waals surface area contributed by atoms with E-state index in [4.69, 9.17) is 11.6 Å². The van der Waals surface area contributed by atoms with Crippen LogP contribution in [0.25, 0.3) is 6.08 Å². The lowest BCUT2D eigenvalue weighted by Gasteiger charge is -2.00. The van der Waals surface area contributed by atoms with Gasteiger partial charge in [-0.15, -0.1) is 11.6 Å². The third kappa shape index (κ3) is 3.06. The molecule has 1 rings (SSSR count). The standard InChI is InChI=1S/C11H12ClNO2/c1-2-9(8-12)7-10-5-3-4-6-11(10)13(14)15/h3-7H,2,8H2,1H3. The fourth-order valence-corrected chi connectivity index (χ4v) is 1.50. The van der Waals surface area contributed by atoms with E-state index in [1.165, 1.54) is 6.07 Å². The van der Waals surface area contributed by atoms with E-state index < -0.39 is 0 Å². The molecule has 0 amide bonds. The van der Waals surface area contributed by atoms with Crippen LogP contribution in [0.3, 0.4) is 0 Å². The molecule has 4 heteroatoms. The van der Waals surface area contributed by atoms with Gasteiger partial charge in [-0.1, -0.05) is 24.6 Å². The molecule has 1 aromatic rings. The molecule has 0 spiro atoms. The van der Waals surface area contributed by atoms with Crippen molar-refractivity contribution in [1.29, 1.82) is 0 Å². The predicted octanol–water partition coefficient (Wildman–Crippen LogP) is 3.63. The number of nitro groups is 1. The number of hydrogen-bond acceptors (Lipinski definition) is 2. The highest BCUT2D eigenvalue weighted by atomic mass is 35.5. The molecule has 0 saturated heterocycles. The molecule has 0 aliphatic carbocycles. The van der Waals surface area contributed by atoms with Crippen molar-refractivity contribution < 1.29 is 4.92 Å². The topological polar surface area (TPSA) is 43.1 Å². The molecule has 0 unspecified atom stereocenters. The summed E-state index contributed by atoms with van der Waals surface area (Å²) in [6, 6.07) is 6.65. The van der Waals surface area contributed by atoms with Crippen LogP contribution in [0.15, 0.2) is 29.8 Å². The van der Waals surface area contributed by atoms with E-state index in [0.29, 0.717) is 11.4 Å². The minimum absolute atomic E-state index is 0.119. The van der Waals surface area contributed by atoms with Crippen LogP contribution < -0.4 is 0 Å². The lowest BCUT2D eigenvalue weighted by Crippen LogP contribution is -1.92. The highest BCUT2D eigenvalue weighted by Crippen LogP contribution is 2.21. The van der Waals surface area contributed by atoms with Gasteiger partial charge in [0, 0.05) is 11.9 Å². The minimum atomic E-state index is -0.382. The van der Waals surface area contributed by atoms with E-state index in [9.17, 15) is 10.1 Å². The number of benzene rings is 1. The maximum Gasteiger partial charge on any atom is 0.276 e. The molecule has 0 fully saturated rings. The Morgan fingerprint density at radius 3 is 2.73 bits per heavy atom. The molecular formula is C11H12ClNO2. The van der Waals surface area contributed by atoms with E-state index in [1.54, 1.807) is 24.3 Å². The Kier molecular flexibility index (Phi) is 4.31. The van der Waals surface area contributed by atoms with Crippen LogP contribution in [0.2, 0.25) is 0 Å². The molecule has 3 nitrogen and oxygen atoms in total. The van der Waals surface area contributed by atoms with Crippen molar-refractivity contribution in [2.24, 2.45) is 0 Å². The predicted molar refractivity (Wildman–Crippen MR) is 62.1 cm³/mol. The third-order valence-corrected chi connectivity index (χ3v) is 2.46. The zero-order chi connectivity index (χ0) is 11.3. The average molecular weight is 226 g/mol. The quantitative estimate of drug-likeness (QED) is 0.446. The second-order valence-electron chi connectivity index (χ2n) is 3.11. The van der Waals surface area contributed by atoms with Gasteiger partial charge in [0.15, 0.2) is 0 Å². The Labute approximate surface area is 93.5 Å². The Balaban J connectivity index is 3.13. The van der Waals surface area contributed by atoms with Crippen LogP contribution in [-0.2, 0) is 0 Å². The Hall–Kier alpha value is -1.35. The number of halogens is 1. The molecule has 0 radical (unpaired) electrons. The average Bonchev–Trinajstić information content (AvgIpc) is 2.26. The molecule has 15 heavy (non-hydrogen) atoms. The highest BCUT2D eigenvalue weighted by Gasteiger charge is 2.10. The highest BCUT2D eigenvalue weighted by molar-refractivity contribution is 6.19. The van der Waals surface area contributed by atoms with Crippen molar-refractivity contribution in [2.75, 3.05) is 5.88 Å². The van der Waals surface area contributed by atoms with Gasteiger partial charge < -0.3 is 0 Å². The van der Waals surface area contributed by atoms with Gasteiger partial charge in [-0.05, 0) is 18.6 Å². The number of rotatable bonds is 4. The SMILES string of the molecule is CCC(=Cc1ccccc1[N+](=O)[O-])CCl. The molecule has 0 saturated carbocycles. The molecule has 0 aliphatic heterocycles. The second kappa shape index (κ2) is 5.51. The number of allylic oxidation sites excluding steroid dienone is 1. The summed E-state index contributed by atoms with van der Waals surface area (Å²) < 4.78 is 0. The van der Waals surface area contributed by atoms with Crippen LogP contribution in [0.1, 0.15) is 18.9 Å². The largest absolute Gasteiger partial charge is 0.276 e. The molecule has 0 aliphatic rings. The van der Waals surface area contributed by atoms with E-state index in [1.807, 2.05) is 6.92 Å². The molecule has 0 bridgehead atoms. The van der Waals surface area contributed by atoms with Crippen LogP contribution >= 0.6 is 11.6 Å². The molecule has 0 N–H and O–H groups in total. The molecule has 0 aromatic heterocycles. The summed E-state index contributed by atoms with van der Waals surface area (Å²) in [7, 11) is 0. The number of hydrogen-bond donors (Lipinski definition) is 0. The lowest BCUT2D eigenvalue weighted by atomic mass is 10.1. The maximum absolute atomic E-state index is 10.7. The van der Waals surface area contributed by atoms with Gasteiger partial charge in [-0.2, -0.15) is 0 Å². The van der Waals surface area contributed by atoms with E-state index in [0.717, 1.165) is 12.0 Å². The van der Waals surface area contributed by atoms with Gasteiger partial charge in [0.05, 0.1) is 10.5 Å². The van der Waals surface area contributed by atoms with Gasteiger partial charge >= 0.3 is 0 Å². The molecule has 0 atom stereocenters. The van der Waals surface area contributed by atoms with Gasteiger partial charge in [-0.25, -0.2) is 0 Å². The lowest BCUT2D eigenvalue weighted by molar-refractivity contribution is -0.385. The zero-order valence-electron chi connectivity index (χ0n) is 8.44. The summed E-state index contributed by atoms with van der Waals surface area (Å²) in [5, 5.41) is 10.7. The summed E-state index contributed by atoms with van der Waals surface area (Å²) >= 11 is 5.71. The van der Waals surface area contributed by atoms with E-state index >= 15 is 0 Å². The molecule has 1 aromatic carbocycles. The van der Waals surface area contributed by atoms with E-state index in [-0.39, 0.29) is 10.6 Å². The Morgan fingerprint density at radius 2 is 2.20 bits per heavy atom. The van der Waals surface area contributed by atoms with Crippen molar-refractivity contribution >= 4 is 23.4 Å². The van der Waals surface area contributed by atoms with E-state index in [2.05, 4.69) is 0 Å². The fraction of sp³-hybridized carbons (Fsp3) is 0.273. The first-order valence-electron chi connectivity index (χ1n) is 4.67. The van der Waals surface area contributed by atoms with Crippen LogP contribution in [-0.4, -0.2) is 10.8 Å². The molecule has 0 heterocycles. The Morgan fingerprint density at radius 1 is 1.53 bits per heavy atom. The summed E-state index contributed by atoms with van der Waals surface area (Å²) in [6.45, 7) is 1.98. The number of nitro benzene ring substituents is 1. The van der Waals surface area contributed by atoms with Crippen molar-refractivity contribution in [3.63, 3.8) is 0 Å². The van der Waals surface area contributed by atoms with Crippen molar-refractivity contribution in [3.05, 3.63) is 45.5 Å². The fourth-order valence-electron chi connectivity index (χ4n) is 1.23. The zero-order valence-corrected chi connectivity index (χ0v) is 9.20. The van der Waals surface area contributed by atoms with Gasteiger partial charge in [0.2, 0.25) is 0 Å². The van der Waals surface area contributed by atoms with Crippen molar-refractivity contribution in [2.45, 2.75) is 13.3 Å². The monoisotopic (exact) mass is 225 g/mol. The molecular weight excluding hydrogens is 214 g/mol. The van der Waals surface area contributed by atoms with Crippen molar-refractivity contribution in [3.8, 4) is 0 Å². The van der Waals surface area contributed by atoms with Gasteiger partial charge in [0.25, 0.3) is 5.69 Å². The van der Waals surface area contributed by atoms with Gasteiger partial charge in [-0.3, -0.25) is 10.1 Å². The number of para-hydroxylation sites is 1. The Bertz CT molecular complexity index is 382. The first kappa shape index (κ1) is 11.7. The van der Waals surface area contributed by atoms with Gasteiger partial charge in [0.1, 0.15) is 0 Å². The number of alkyl halides is 1. The maximum atomic E-state index is 10.7. The minimum Gasteiger partial charge on any atom is -0.258 e. The normalized spacial score (nSPS) is 11.5.